The zero-order chi connectivity index (χ0) is 14.1. The third-order valence-electron chi connectivity index (χ3n) is 3.39. The van der Waals surface area contributed by atoms with E-state index in [0.29, 0.717) is 5.02 Å². The fourth-order valence-corrected chi connectivity index (χ4v) is 2.63. The largest absolute Gasteiger partial charge is 0.459 e. The smallest absolute Gasteiger partial charge is 0.137 e. The van der Waals surface area contributed by atoms with Crippen LogP contribution < -0.4 is 5.32 Å². The van der Waals surface area contributed by atoms with Gasteiger partial charge in [-0.05, 0) is 37.7 Å². The Labute approximate surface area is 122 Å². The molecule has 0 aliphatic heterocycles. The van der Waals surface area contributed by atoms with Crippen LogP contribution in [0.4, 0.5) is 0 Å². The number of aromatic nitrogens is 1. The molecule has 1 atom stereocenters. The Morgan fingerprint density at radius 3 is 2.80 bits per heavy atom. The summed E-state index contributed by atoms with van der Waals surface area (Å²) in [5.41, 5.74) is 2.80. The van der Waals surface area contributed by atoms with Gasteiger partial charge in [-0.15, -0.1) is 0 Å². The first-order valence-electron chi connectivity index (χ1n) is 6.47. The van der Waals surface area contributed by atoms with Gasteiger partial charge >= 0.3 is 0 Å². The van der Waals surface area contributed by atoms with Crippen molar-refractivity contribution in [1.29, 1.82) is 0 Å². The number of hydrogen-bond acceptors (Lipinski definition) is 3. The molecule has 1 unspecified atom stereocenters. The van der Waals surface area contributed by atoms with Crippen molar-refractivity contribution in [2.24, 2.45) is 0 Å². The summed E-state index contributed by atoms with van der Waals surface area (Å²) in [6, 6.07) is 11.6. The van der Waals surface area contributed by atoms with Crippen molar-refractivity contribution in [3.05, 3.63) is 64.6 Å². The Morgan fingerprint density at radius 1 is 1.25 bits per heavy atom. The van der Waals surface area contributed by atoms with E-state index >= 15 is 0 Å². The predicted molar refractivity (Wildman–Crippen MR) is 81.1 cm³/mol. The summed E-state index contributed by atoms with van der Waals surface area (Å²) in [6.07, 6.45) is 1.74. The van der Waals surface area contributed by atoms with E-state index in [2.05, 4.69) is 10.3 Å². The van der Waals surface area contributed by atoms with Crippen LogP contribution >= 0.6 is 11.6 Å². The van der Waals surface area contributed by atoms with Gasteiger partial charge in [-0.25, -0.2) is 0 Å². The van der Waals surface area contributed by atoms with Crippen LogP contribution in [0.2, 0.25) is 5.02 Å². The Morgan fingerprint density at radius 2 is 2.10 bits per heavy atom. The van der Waals surface area contributed by atoms with Crippen molar-refractivity contribution in [2.45, 2.75) is 13.0 Å². The number of aryl methyl sites for hydroxylation is 1. The first kappa shape index (κ1) is 13.2. The molecule has 102 valence electrons. The number of furan rings is 1. The molecular formula is C16H15ClN2O. The molecule has 0 amide bonds. The van der Waals surface area contributed by atoms with Gasteiger partial charge in [0, 0.05) is 11.6 Å². The summed E-state index contributed by atoms with van der Waals surface area (Å²) < 4.78 is 6.00. The molecule has 4 heteroatoms. The number of nitrogens with one attached hydrogen (secondary N) is 1. The van der Waals surface area contributed by atoms with Gasteiger partial charge in [0.05, 0.1) is 10.7 Å². The summed E-state index contributed by atoms with van der Waals surface area (Å²) in [7, 11) is 1.87. The monoisotopic (exact) mass is 286 g/mol. The van der Waals surface area contributed by atoms with Crippen LogP contribution in [-0.2, 0) is 0 Å². The van der Waals surface area contributed by atoms with Crippen LogP contribution in [0.1, 0.15) is 23.1 Å². The first-order valence-corrected chi connectivity index (χ1v) is 6.85. The highest BCUT2D eigenvalue weighted by atomic mass is 35.5. The minimum absolute atomic E-state index is 0.157. The lowest BCUT2D eigenvalue weighted by atomic mass is 10.1. The molecule has 0 saturated carbocycles. The van der Waals surface area contributed by atoms with Gasteiger partial charge in [0.25, 0.3) is 0 Å². The van der Waals surface area contributed by atoms with Crippen LogP contribution in [0, 0.1) is 6.92 Å². The SMILES string of the molecule is CNC(c1cc2cccc(C)c2o1)c1ncccc1Cl. The maximum atomic E-state index is 6.23. The molecule has 1 aromatic carbocycles. The predicted octanol–water partition coefficient (Wildman–Crippen LogP) is 4.10. The second-order valence-corrected chi connectivity index (χ2v) is 5.14. The Bertz CT molecular complexity index is 751. The van der Waals surface area contributed by atoms with Crippen molar-refractivity contribution < 1.29 is 4.42 Å². The molecule has 0 radical (unpaired) electrons. The van der Waals surface area contributed by atoms with Crippen molar-refractivity contribution in [2.75, 3.05) is 7.05 Å². The van der Waals surface area contributed by atoms with Gasteiger partial charge < -0.3 is 9.73 Å². The van der Waals surface area contributed by atoms with E-state index < -0.39 is 0 Å². The Balaban J connectivity index is 2.12. The summed E-state index contributed by atoms with van der Waals surface area (Å²) in [4.78, 5) is 4.36. The van der Waals surface area contributed by atoms with Gasteiger partial charge in [-0.1, -0.05) is 29.8 Å². The van der Waals surface area contributed by atoms with Crippen LogP contribution in [0.5, 0.6) is 0 Å². The van der Waals surface area contributed by atoms with E-state index in [1.807, 2.05) is 50.4 Å². The van der Waals surface area contributed by atoms with E-state index in [-0.39, 0.29) is 6.04 Å². The number of halogens is 1. The highest BCUT2D eigenvalue weighted by Gasteiger charge is 2.20. The first-order chi connectivity index (χ1) is 9.70. The molecule has 3 rings (SSSR count). The van der Waals surface area contributed by atoms with E-state index in [1.54, 1.807) is 6.20 Å². The van der Waals surface area contributed by atoms with Gasteiger partial charge in [-0.2, -0.15) is 0 Å². The number of hydrogen-bond donors (Lipinski definition) is 1. The third kappa shape index (κ3) is 2.19. The van der Waals surface area contributed by atoms with Crippen LogP contribution in [0.3, 0.4) is 0 Å². The van der Waals surface area contributed by atoms with E-state index in [9.17, 15) is 0 Å². The lowest BCUT2D eigenvalue weighted by molar-refractivity contribution is 0.485. The quantitative estimate of drug-likeness (QED) is 0.788. The lowest BCUT2D eigenvalue weighted by Crippen LogP contribution is -2.18. The molecule has 2 aromatic heterocycles. The Kier molecular flexibility index (Phi) is 3.47. The topological polar surface area (TPSA) is 38.1 Å². The molecule has 3 nitrogen and oxygen atoms in total. The van der Waals surface area contributed by atoms with Crippen molar-refractivity contribution >= 4 is 22.6 Å². The molecule has 2 heterocycles. The second kappa shape index (κ2) is 5.27. The number of pyridine rings is 1. The maximum Gasteiger partial charge on any atom is 0.137 e. The fraction of sp³-hybridized carbons (Fsp3) is 0.188. The van der Waals surface area contributed by atoms with Gasteiger partial charge in [-0.3, -0.25) is 4.98 Å². The zero-order valence-electron chi connectivity index (χ0n) is 11.4. The summed E-state index contributed by atoms with van der Waals surface area (Å²) >= 11 is 6.23. The number of fused-ring (bicyclic) bond motifs is 1. The highest BCUT2D eigenvalue weighted by Crippen LogP contribution is 2.31. The zero-order valence-corrected chi connectivity index (χ0v) is 12.1. The summed E-state index contributed by atoms with van der Waals surface area (Å²) in [5, 5.41) is 4.93. The lowest BCUT2D eigenvalue weighted by Gasteiger charge is -2.14. The molecule has 1 N–H and O–H groups in total. The number of nitrogens with zero attached hydrogens (tertiary/aromatic N) is 1. The normalized spacial score (nSPS) is 12.8. The van der Waals surface area contributed by atoms with Crippen LogP contribution in [-0.4, -0.2) is 12.0 Å². The summed E-state index contributed by atoms with van der Waals surface area (Å²) in [6.45, 7) is 2.04. The molecule has 3 aromatic rings. The van der Waals surface area contributed by atoms with Gasteiger partial charge in [0.2, 0.25) is 0 Å². The molecule has 0 bridgehead atoms. The number of rotatable bonds is 3. The van der Waals surface area contributed by atoms with E-state index in [4.69, 9.17) is 16.0 Å². The standard InChI is InChI=1S/C16H15ClN2O/c1-10-5-3-6-11-9-13(20-16(10)11)15(18-2)14-12(17)7-4-8-19-14/h3-9,15,18H,1-2H3. The minimum Gasteiger partial charge on any atom is -0.459 e. The number of para-hydroxylation sites is 1. The average Bonchev–Trinajstić information content (AvgIpc) is 2.87. The second-order valence-electron chi connectivity index (χ2n) is 4.73. The maximum absolute atomic E-state index is 6.23. The van der Waals surface area contributed by atoms with Crippen molar-refractivity contribution in [3.63, 3.8) is 0 Å². The van der Waals surface area contributed by atoms with Gasteiger partial charge in [0.15, 0.2) is 0 Å². The molecule has 0 spiro atoms. The number of benzene rings is 1. The summed E-state index contributed by atoms with van der Waals surface area (Å²) in [5.74, 6) is 0.817. The van der Waals surface area contributed by atoms with E-state index in [0.717, 1.165) is 28.0 Å². The molecule has 0 fully saturated rings. The van der Waals surface area contributed by atoms with Crippen LogP contribution in [0.25, 0.3) is 11.0 Å². The third-order valence-corrected chi connectivity index (χ3v) is 3.71. The molecule has 0 aliphatic carbocycles. The molecule has 20 heavy (non-hydrogen) atoms. The highest BCUT2D eigenvalue weighted by molar-refractivity contribution is 6.31. The fourth-order valence-electron chi connectivity index (χ4n) is 2.40. The Hall–Kier alpha value is -1.84. The molecule has 0 aliphatic rings. The van der Waals surface area contributed by atoms with Gasteiger partial charge in [0.1, 0.15) is 17.4 Å². The molecule has 0 saturated heterocycles. The van der Waals surface area contributed by atoms with Crippen molar-refractivity contribution in [1.82, 2.24) is 10.3 Å². The average molecular weight is 287 g/mol. The van der Waals surface area contributed by atoms with Crippen LogP contribution in [0.15, 0.2) is 47.0 Å². The van der Waals surface area contributed by atoms with Crippen molar-refractivity contribution in [3.8, 4) is 0 Å². The molecular weight excluding hydrogens is 272 g/mol. The van der Waals surface area contributed by atoms with E-state index in [1.165, 1.54) is 0 Å². The minimum atomic E-state index is -0.157.